The van der Waals surface area contributed by atoms with Crippen molar-refractivity contribution in [3.05, 3.63) is 35.4 Å². The van der Waals surface area contributed by atoms with Gasteiger partial charge >= 0.3 is 0 Å². The molecule has 1 aliphatic carbocycles. The molecule has 1 aromatic rings. The molecule has 0 saturated heterocycles. The van der Waals surface area contributed by atoms with E-state index in [1.165, 1.54) is 11.1 Å². The Bertz CT molecular complexity index is 453. The molecule has 118 valence electrons. The maximum Gasteiger partial charge on any atom is 0.0656 e. The number of rotatable bonds is 7. The highest BCUT2D eigenvalue weighted by atomic mass is 16.5. The fraction of sp³-hybridized carbons (Fsp3) is 0.684. The molecule has 0 bridgehead atoms. The highest BCUT2D eigenvalue weighted by Crippen LogP contribution is 2.42. The van der Waals surface area contributed by atoms with Crippen molar-refractivity contribution in [2.24, 2.45) is 11.3 Å². The summed E-state index contributed by atoms with van der Waals surface area (Å²) >= 11 is 0. The molecular weight excluding hydrogens is 258 g/mol. The van der Waals surface area contributed by atoms with Crippen molar-refractivity contribution in [2.45, 2.75) is 59.6 Å². The molecule has 1 aliphatic rings. The van der Waals surface area contributed by atoms with Crippen molar-refractivity contribution < 1.29 is 4.74 Å². The Hall–Kier alpha value is -0.860. The summed E-state index contributed by atoms with van der Waals surface area (Å²) in [5.74, 6) is 0.620. The highest BCUT2D eigenvalue weighted by Gasteiger charge is 2.48. The van der Waals surface area contributed by atoms with Gasteiger partial charge in [0.15, 0.2) is 0 Å². The summed E-state index contributed by atoms with van der Waals surface area (Å²) in [5, 5.41) is 3.71. The van der Waals surface area contributed by atoms with E-state index >= 15 is 0 Å². The van der Waals surface area contributed by atoms with Crippen LogP contribution in [0.3, 0.4) is 0 Å². The number of ether oxygens (including phenoxy) is 1. The van der Waals surface area contributed by atoms with Crippen molar-refractivity contribution in [1.29, 1.82) is 0 Å². The van der Waals surface area contributed by atoms with Gasteiger partial charge in [-0.25, -0.2) is 0 Å². The van der Waals surface area contributed by atoms with E-state index in [1.807, 2.05) is 0 Å². The Morgan fingerprint density at radius 3 is 2.71 bits per heavy atom. The zero-order chi connectivity index (χ0) is 15.5. The molecule has 2 rings (SSSR count). The van der Waals surface area contributed by atoms with Crippen LogP contribution in [-0.4, -0.2) is 25.3 Å². The minimum absolute atomic E-state index is 0.251. The zero-order valence-corrected chi connectivity index (χ0v) is 14.3. The molecule has 21 heavy (non-hydrogen) atoms. The van der Waals surface area contributed by atoms with E-state index in [1.54, 1.807) is 0 Å². The second kappa shape index (κ2) is 6.93. The number of hydrogen-bond donors (Lipinski definition) is 1. The van der Waals surface area contributed by atoms with Crippen LogP contribution < -0.4 is 5.32 Å². The molecule has 0 radical (unpaired) electrons. The van der Waals surface area contributed by atoms with Gasteiger partial charge in [-0.05, 0) is 37.8 Å². The van der Waals surface area contributed by atoms with Crippen LogP contribution in [0.1, 0.15) is 45.2 Å². The average molecular weight is 289 g/mol. The minimum Gasteiger partial charge on any atom is -0.377 e. The van der Waals surface area contributed by atoms with Crippen LogP contribution in [0.25, 0.3) is 0 Å². The lowest BCUT2D eigenvalue weighted by molar-refractivity contribution is -0.123. The predicted molar refractivity (Wildman–Crippen MR) is 89.6 cm³/mol. The zero-order valence-electron chi connectivity index (χ0n) is 14.3. The van der Waals surface area contributed by atoms with E-state index in [4.69, 9.17) is 4.74 Å². The van der Waals surface area contributed by atoms with E-state index in [-0.39, 0.29) is 5.41 Å². The second-order valence-corrected chi connectivity index (χ2v) is 7.52. The fourth-order valence-electron chi connectivity index (χ4n) is 3.08. The molecule has 1 aromatic carbocycles. The van der Waals surface area contributed by atoms with Gasteiger partial charge in [-0.2, -0.15) is 0 Å². The number of benzene rings is 1. The van der Waals surface area contributed by atoms with Gasteiger partial charge in [-0.3, -0.25) is 0 Å². The van der Waals surface area contributed by atoms with Crippen LogP contribution in [0.4, 0.5) is 0 Å². The Balaban J connectivity index is 1.73. The molecule has 2 nitrogen and oxygen atoms in total. The largest absolute Gasteiger partial charge is 0.377 e. The first-order valence-corrected chi connectivity index (χ1v) is 8.30. The molecule has 1 fully saturated rings. The summed E-state index contributed by atoms with van der Waals surface area (Å²) < 4.78 is 6.03. The first-order valence-electron chi connectivity index (χ1n) is 8.30. The van der Waals surface area contributed by atoms with Crippen molar-refractivity contribution in [2.75, 3.05) is 13.2 Å². The molecule has 0 aromatic heterocycles. The molecule has 1 N–H and O–H groups in total. The summed E-state index contributed by atoms with van der Waals surface area (Å²) in [7, 11) is 0. The maximum absolute atomic E-state index is 6.03. The fourth-order valence-corrected chi connectivity index (χ4v) is 3.08. The van der Waals surface area contributed by atoms with Gasteiger partial charge in [-0.15, -0.1) is 0 Å². The van der Waals surface area contributed by atoms with Crippen LogP contribution in [0.2, 0.25) is 0 Å². The third-order valence-corrected chi connectivity index (χ3v) is 4.70. The lowest BCUT2D eigenvalue weighted by Crippen LogP contribution is -2.61. The van der Waals surface area contributed by atoms with Crippen molar-refractivity contribution in [3.63, 3.8) is 0 Å². The first kappa shape index (κ1) is 16.5. The van der Waals surface area contributed by atoms with Gasteiger partial charge in [0, 0.05) is 18.1 Å². The van der Waals surface area contributed by atoms with E-state index in [0.717, 1.165) is 26.0 Å². The lowest BCUT2D eigenvalue weighted by Gasteiger charge is -2.52. The van der Waals surface area contributed by atoms with Crippen molar-refractivity contribution in [3.8, 4) is 0 Å². The van der Waals surface area contributed by atoms with Gasteiger partial charge in [0.2, 0.25) is 0 Å². The highest BCUT2D eigenvalue weighted by molar-refractivity contribution is 5.22. The molecule has 2 unspecified atom stereocenters. The van der Waals surface area contributed by atoms with E-state index < -0.39 is 0 Å². The predicted octanol–water partition coefficient (Wildman–Crippen LogP) is 3.97. The minimum atomic E-state index is 0.251. The summed E-state index contributed by atoms with van der Waals surface area (Å²) in [6, 6.07) is 9.38. The summed E-state index contributed by atoms with van der Waals surface area (Å²) in [6.45, 7) is 13.2. The van der Waals surface area contributed by atoms with Gasteiger partial charge in [0.25, 0.3) is 0 Å². The van der Waals surface area contributed by atoms with Gasteiger partial charge in [0.1, 0.15) is 0 Å². The standard InChI is InChI=1S/C19H31NO/c1-14(2)13-21-18-12-17(19(18,4)5)20-10-9-16-8-6-7-15(3)11-16/h6-8,11,14,17-18,20H,9-10,12-13H2,1-5H3. The Morgan fingerprint density at radius 1 is 1.33 bits per heavy atom. The Labute approximate surface area is 130 Å². The van der Waals surface area contributed by atoms with Crippen molar-refractivity contribution in [1.82, 2.24) is 5.32 Å². The van der Waals surface area contributed by atoms with E-state index in [2.05, 4.69) is 64.2 Å². The molecule has 2 heteroatoms. The van der Waals surface area contributed by atoms with Crippen LogP contribution in [0.15, 0.2) is 24.3 Å². The molecule has 2 atom stereocenters. The number of aryl methyl sites for hydroxylation is 1. The third kappa shape index (κ3) is 4.31. The SMILES string of the molecule is Cc1cccc(CCNC2CC(OCC(C)C)C2(C)C)c1. The first-order chi connectivity index (χ1) is 9.89. The Kier molecular flexibility index (Phi) is 5.45. The quantitative estimate of drug-likeness (QED) is 0.820. The third-order valence-electron chi connectivity index (χ3n) is 4.70. The van der Waals surface area contributed by atoms with Gasteiger partial charge < -0.3 is 10.1 Å². The van der Waals surface area contributed by atoms with Crippen LogP contribution in [0, 0.1) is 18.3 Å². The topological polar surface area (TPSA) is 21.3 Å². The number of hydrogen-bond acceptors (Lipinski definition) is 2. The molecule has 0 heterocycles. The molecule has 0 spiro atoms. The monoisotopic (exact) mass is 289 g/mol. The van der Waals surface area contributed by atoms with Crippen molar-refractivity contribution >= 4 is 0 Å². The molecule has 1 saturated carbocycles. The van der Waals surface area contributed by atoms with Crippen LogP contribution >= 0.6 is 0 Å². The lowest BCUT2D eigenvalue weighted by atomic mass is 9.64. The van der Waals surface area contributed by atoms with E-state index in [0.29, 0.717) is 18.1 Å². The average Bonchev–Trinajstić information content (AvgIpc) is 2.40. The number of nitrogens with one attached hydrogen (secondary N) is 1. The van der Waals surface area contributed by atoms with Gasteiger partial charge in [0.05, 0.1) is 6.10 Å². The normalized spacial score (nSPS) is 24.1. The van der Waals surface area contributed by atoms with E-state index in [9.17, 15) is 0 Å². The maximum atomic E-state index is 6.03. The molecule has 0 amide bonds. The molecule has 0 aliphatic heterocycles. The smallest absolute Gasteiger partial charge is 0.0656 e. The second-order valence-electron chi connectivity index (χ2n) is 7.52. The van der Waals surface area contributed by atoms with Gasteiger partial charge in [-0.1, -0.05) is 57.5 Å². The van der Waals surface area contributed by atoms with Crippen LogP contribution in [0.5, 0.6) is 0 Å². The summed E-state index contributed by atoms with van der Waals surface area (Å²) in [6.07, 6.45) is 2.66. The van der Waals surface area contributed by atoms with Crippen LogP contribution in [-0.2, 0) is 11.2 Å². The summed E-state index contributed by atoms with van der Waals surface area (Å²) in [5.41, 5.74) is 3.02. The Morgan fingerprint density at radius 2 is 2.10 bits per heavy atom. The molecular formula is C19H31NO. The summed E-state index contributed by atoms with van der Waals surface area (Å²) in [4.78, 5) is 0.